The highest BCUT2D eigenvalue weighted by molar-refractivity contribution is 5.94. The molecule has 6 nitrogen and oxygen atoms in total. The van der Waals surface area contributed by atoms with Crippen molar-refractivity contribution in [2.75, 3.05) is 0 Å². The maximum absolute atomic E-state index is 7.20. The van der Waals surface area contributed by atoms with Crippen LogP contribution >= 0.6 is 0 Å². The molecule has 0 saturated carbocycles. The Morgan fingerprint density at radius 3 is 2.50 bits per heavy atom. The standard InChI is InChI=1S/C6H16N6/c1-2-3-4(7)11-6(10)12-5(8)9/h4H,2-3,7H2,1H3,(H6,8,9,10,11,12). The fourth-order valence-corrected chi connectivity index (χ4v) is 0.739. The van der Waals surface area contributed by atoms with Crippen molar-refractivity contribution in [2.24, 2.45) is 11.5 Å². The van der Waals surface area contributed by atoms with E-state index >= 15 is 0 Å². The molecule has 0 radical (unpaired) electrons. The number of hydrogen-bond donors (Lipinski definition) is 6. The molecule has 0 saturated heterocycles. The monoisotopic (exact) mass is 172 g/mol. The maximum Gasteiger partial charge on any atom is 0.196 e. The molecule has 0 fully saturated rings. The summed E-state index contributed by atoms with van der Waals surface area (Å²) in [4.78, 5) is 0. The second-order valence-corrected chi connectivity index (χ2v) is 2.45. The summed E-state index contributed by atoms with van der Waals surface area (Å²) in [5.74, 6) is -0.306. The zero-order valence-corrected chi connectivity index (χ0v) is 7.15. The van der Waals surface area contributed by atoms with E-state index in [0.29, 0.717) is 0 Å². The van der Waals surface area contributed by atoms with Gasteiger partial charge in [-0.05, 0) is 6.42 Å². The molecule has 0 aromatic carbocycles. The highest BCUT2D eigenvalue weighted by atomic mass is 15.2. The Bertz CT molecular complexity index is 165. The van der Waals surface area contributed by atoms with Crippen molar-refractivity contribution >= 4 is 11.9 Å². The lowest BCUT2D eigenvalue weighted by atomic mass is 10.3. The lowest BCUT2D eigenvalue weighted by Crippen LogP contribution is -2.50. The Morgan fingerprint density at radius 2 is 2.08 bits per heavy atom. The van der Waals surface area contributed by atoms with Crippen LogP contribution in [0.1, 0.15) is 19.8 Å². The smallest absolute Gasteiger partial charge is 0.196 e. The van der Waals surface area contributed by atoms with Gasteiger partial charge in [0.05, 0.1) is 6.17 Å². The van der Waals surface area contributed by atoms with Crippen LogP contribution in [-0.4, -0.2) is 18.1 Å². The molecule has 0 spiro atoms. The summed E-state index contributed by atoms with van der Waals surface area (Å²) in [6, 6.07) is 0. The molecule has 0 heterocycles. The number of guanidine groups is 2. The van der Waals surface area contributed by atoms with Crippen molar-refractivity contribution in [3.05, 3.63) is 0 Å². The van der Waals surface area contributed by atoms with E-state index in [1.807, 2.05) is 6.92 Å². The lowest BCUT2D eigenvalue weighted by Gasteiger charge is -2.14. The summed E-state index contributed by atoms with van der Waals surface area (Å²) >= 11 is 0. The van der Waals surface area contributed by atoms with E-state index in [9.17, 15) is 0 Å². The Labute approximate surface area is 71.7 Å². The summed E-state index contributed by atoms with van der Waals surface area (Å²) in [6.07, 6.45) is 1.47. The first kappa shape index (κ1) is 10.7. The largest absolute Gasteiger partial charge is 0.370 e. The van der Waals surface area contributed by atoms with Crippen LogP contribution in [0.5, 0.6) is 0 Å². The Kier molecular flexibility index (Phi) is 4.78. The second-order valence-electron chi connectivity index (χ2n) is 2.45. The zero-order valence-electron chi connectivity index (χ0n) is 7.15. The SMILES string of the molecule is CCCC(N)NC(=N)NC(=N)N. The van der Waals surface area contributed by atoms with Gasteiger partial charge in [0.2, 0.25) is 0 Å². The first-order valence-corrected chi connectivity index (χ1v) is 3.78. The molecule has 0 rings (SSSR count). The van der Waals surface area contributed by atoms with Crippen LogP contribution in [0, 0.1) is 10.8 Å². The van der Waals surface area contributed by atoms with Crippen LogP contribution in [-0.2, 0) is 0 Å². The molecular formula is C6H16N6. The molecule has 6 heteroatoms. The third-order valence-corrected chi connectivity index (χ3v) is 1.19. The summed E-state index contributed by atoms with van der Waals surface area (Å²) in [5.41, 5.74) is 10.6. The number of hydrogen-bond acceptors (Lipinski definition) is 3. The van der Waals surface area contributed by atoms with Crippen LogP contribution in [0.15, 0.2) is 0 Å². The number of nitrogens with one attached hydrogen (secondary N) is 4. The molecule has 0 aliphatic carbocycles. The highest BCUT2D eigenvalue weighted by Gasteiger charge is 2.02. The lowest BCUT2D eigenvalue weighted by molar-refractivity contribution is 0.566. The summed E-state index contributed by atoms with van der Waals surface area (Å²) in [5, 5.41) is 18.9. The van der Waals surface area contributed by atoms with Gasteiger partial charge in [-0.25, -0.2) is 0 Å². The van der Waals surface area contributed by atoms with Gasteiger partial charge in [0.25, 0.3) is 0 Å². The van der Waals surface area contributed by atoms with E-state index in [4.69, 9.17) is 22.3 Å². The third kappa shape index (κ3) is 5.48. The fourth-order valence-electron chi connectivity index (χ4n) is 0.739. The van der Waals surface area contributed by atoms with Gasteiger partial charge in [0.15, 0.2) is 11.9 Å². The quantitative estimate of drug-likeness (QED) is 0.187. The molecule has 0 aromatic rings. The normalized spacial score (nSPS) is 11.8. The van der Waals surface area contributed by atoms with Crippen molar-refractivity contribution in [3.8, 4) is 0 Å². The van der Waals surface area contributed by atoms with Gasteiger partial charge in [-0.15, -0.1) is 0 Å². The van der Waals surface area contributed by atoms with E-state index in [1.165, 1.54) is 0 Å². The summed E-state index contributed by atoms with van der Waals surface area (Å²) < 4.78 is 0. The number of nitrogens with two attached hydrogens (primary N) is 2. The van der Waals surface area contributed by atoms with Crippen LogP contribution in [0.4, 0.5) is 0 Å². The maximum atomic E-state index is 7.20. The van der Waals surface area contributed by atoms with Gasteiger partial charge in [0, 0.05) is 0 Å². The molecule has 1 atom stereocenters. The molecule has 0 aromatic heterocycles. The molecule has 1 unspecified atom stereocenters. The van der Waals surface area contributed by atoms with E-state index < -0.39 is 0 Å². The topological polar surface area (TPSA) is 124 Å². The Hall–Kier alpha value is -1.30. The first-order valence-electron chi connectivity index (χ1n) is 3.78. The molecule has 8 N–H and O–H groups in total. The average Bonchev–Trinajstić information content (AvgIpc) is 1.84. The van der Waals surface area contributed by atoms with Crippen molar-refractivity contribution < 1.29 is 0 Å². The average molecular weight is 172 g/mol. The van der Waals surface area contributed by atoms with E-state index in [1.54, 1.807) is 0 Å². The Morgan fingerprint density at radius 1 is 1.50 bits per heavy atom. The van der Waals surface area contributed by atoms with Crippen molar-refractivity contribution in [1.29, 1.82) is 10.8 Å². The van der Waals surface area contributed by atoms with Gasteiger partial charge in [0.1, 0.15) is 0 Å². The van der Waals surface area contributed by atoms with Gasteiger partial charge < -0.3 is 16.8 Å². The summed E-state index contributed by atoms with van der Waals surface area (Å²) in [6.45, 7) is 2.00. The van der Waals surface area contributed by atoms with Gasteiger partial charge >= 0.3 is 0 Å². The zero-order chi connectivity index (χ0) is 9.56. The van der Waals surface area contributed by atoms with Crippen LogP contribution in [0.25, 0.3) is 0 Å². The minimum absolute atomic E-state index is 0.0385. The van der Waals surface area contributed by atoms with Crippen molar-refractivity contribution in [1.82, 2.24) is 10.6 Å². The second kappa shape index (κ2) is 5.36. The van der Waals surface area contributed by atoms with Gasteiger partial charge in [-0.1, -0.05) is 13.3 Å². The van der Waals surface area contributed by atoms with Gasteiger partial charge in [-0.3, -0.25) is 16.1 Å². The Balaban J connectivity index is 3.61. The van der Waals surface area contributed by atoms with Crippen LogP contribution in [0.3, 0.4) is 0 Å². The molecule has 12 heavy (non-hydrogen) atoms. The van der Waals surface area contributed by atoms with E-state index in [2.05, 4.69) is 10.6 Å². The molecule has 0 aliphatic heterocycles. The van der Waals surface area contributed by atoms with E-state index in [-0.39, 0.29) is 18.1 Å². The predicted molar refractivity (Wildman–Crippen MR) is 48.8 cm³/mol. The highest BCUT2D eigenvalue weighted by Crippen LogP contribution is 1.87. The summed E-state index contributed by atoms with van der Waals surface area (Å²) in [7, 11) is 0. The van der Waals surface area contributed by atoms with E-state index in [0.717, 1.165) is 12.8 Å². The molecular weight excluding hydrogens is 156 g/mol. The van der Waals surface area contributed by atoms with Crippen LogP contribution in [0.2, 0.25) is 0 Å². The molecule has 0 amide bonds. The number of rotatable bonds is 3. The first-order chi connectivity index (χ1) is 5.56. The molecule has 0 aliphatic rings. The predicted octanol–water partition coefficient (Wildman–Crippen LogP) is -0.921. The molecule has 0 bridgehead atoms. The van der Waals surface area contributed by atoms with Crippen LogP contribution < -0.4 is 22.1 Å². The minimum atomic E-state index is -0.267. The molecule has 70 valence electrons. The van der Waals surface area contributed by atoms with Gasteiger partial charge in [-0.2, -0.15) is 0 Å². The minimum Gasteiger partial charge on any atom is -0.370 e. The van der Waals surface area contributed by atoms with Crippen molar-refractivity contribution in [2.45, 2.75) is 25.9 Å². The third-order valence-electron chi connectivity index (χ3n) is 1.19. The fraction of sp³-hybridized carbons (Fsp3) is 0.667. The van der Waals surface area contributed by atoms with Crippen molar-refractivity contribution in [3.63, 3.8) is 0 Å².